The molecule has 1 aromatic rings. The topological polar surface area (TPSA) is 12.9 Å². The van der Waals surface area contributed by atoms with Crippen LogP contribution in [-0.4, -0.2) is 4.98 Å². The molecular formula is C9H9N. The summed E-state index contributed by atoms with van der Waals surface area (Å²) in [7, 11) is 0. The van der Waals surface area contributed by atoms with Crippen molar-refractivity contribution in [1.29, 1.82) is 0 Å². The van der Waals surface area contributed by atoms with E-state index in [1.165, 1.54) is 0 Å². The van der Waals surface area contributed by atoms with Gasteiger partial charge >= 0.3 is 0 Å². The number of aryl methyl sites for hydroxylation is 2. The third-order valence-corrected chi connectivity index (χ3v) is 1.51. The first-order chi connectivity index (χ1) is 4.74. The van der Waals surface area contributed by atoms with Crippen molar-refractivity contribution in [1.82, 2.24) is 4.98 Å². The van der Waals surface area contributed by atoms with Crippen molar-refractivity contribution in [3.63, 3.8) is 0 Å². The maximum absolute atomic E-state index is 5.18. The highest BCUT2D eigenvalue weighted by Crippen LogP contribution is 2.04. The summed E-state index contributed by atoms with van der Waals surface area (Å²) in [6.45, 7) is 3.97. The van der Waals surface area contributed by atoms with Crippen LogP contribution >= 0.6 is 0 Å². The maximum Gasteiger partial charge on any atom is 0.0428 e. The molecule has 0 atom stereocenters. The average Bonchev–Trinajstić information content (AvgIpc) is 1.95. The molecule has 1 nitrogen and oxygen atoms in total. The molecule has 0 saturated heterocycles. The third kappa shape index (κ3) is 1.16. The van der Waals surface area contributed by atoms with Gasteiger partial charge in [0.25, 0.3) is 0 Å². The van der Waals surface area contributed by atoms with Gasteiger partial charge in [-0.2, -0.15) is 0 Å². The van der Waals surface area contributed by atoms with E-state index in [9.17, 15) is 0 Å². The standard InChI is InChI=1S/C9H9N/c1-4-9-5-7(2)8(3)10-6-9/h1,5-6H,2-3H3. The Balaban J connectivity index is 3.20. The molecule has 0 fully saturated rings. The van der Waals surface area contributed by atoms with Gasteiger partial charge in [-0.15, -0.1) is 6.42 Å². The minimum atomic E-state index is 0.850. The van der Waals surface area contributed by atoms with E-state index >= 15 is 0 Å². The summed E-state index contributed by atoms with van der Waals surface area (Å²) >= 11 is 0. The lowest BCUT2D eigenvalue weighted by Crippen LogP contribution is -1.86. The van der Waals surface area contributed by atoms with Crippen molar-refractivity contribution in [2.24, 2.45) is 0 Å². The van der Waals surface area contributed by atoms with E-state index in [4.69, 9.17) is 6.42 Å². The van der Waals surface area contributed by atoms with E-state index in [2.05, 4.69) is 10.9 Å². The Morgan fingerprint density at radius 2 is 2.20 bits per heavy atom. The second-order valence-electron chi connectivity index (χ2n) is 2.27. The molecule has 0 aromatic carbocycles. The Bertz CT molecular complexity index is 281. The number of hydrogen-bond acceptors (Lipinski definition) is 1. The van der Waals surface area contributed by atoms with Crippen LogP contribution in [0.25, 0.3) is 0 Å². The fourth-order valence-electron chi connectivity index (χ4n) is 0.722. The molecule has 1 rings (SSSR count). The first kappa shape index (κ1) is 6.82. The molecule has 0 saturated carbocycles. The van der Waals surface area contributed by atoms with Gasteiger partial charge in [0.15, 0.2) is 0 Å². The zero-order valence-corrected chi connectivity index (χ0v) is 6.18. The summed E-state index contributed by atoms with van der Waals surface area (Å²) in [5, 5.41) is 0. The Kier molecular flexibility index (Phi) is 1.73. The Morgan fingerprint density at radius 3 is 2.70 bits per heavy atom. The van der Waals surface area contributed by atoms with E-state index in [1.807, 2.05) is 19.9 Å². The highest BCUT2D eigenvalue weighted by atomic mass is 14.7. The van der Waals surface area contributed by atoms with Crippen LogP contribution in [0.3, 0.4) is 0 Å². The molecular weight excluding hydrogens is 122 g/mol. The van der Waals surface area contributed by atoms with Crippen molar-refractivity contribution in [3.05, 3.63) is 29.1 Å². The number of nitrogens with zero attached hydrogens (tertiary/aromatic N) is 1. The van der Waals surface area contributed by atoms with Crippen molar-refractivity contribution >= 4 is 0 Å². The number of rotatable bonds is 0. The third-order valence-electron chi connectivity index (χ3n) is 1.51. The maximum atomic E-state index is 5.18. The summed E-state index contributed by atoms with van der Waals surface area (Å²) in [5.74, 6) is 2.53. The molecule has 1 heterocycles. The molecule has 0 aliphatic carbocycles. The largest absolute Gasteiger partial charge is 0.260 e. The summed E-state index contributed by atoms with van der Waals surface area (Å²) in [5.41, 5.74) is 3.04. The van der Waals surface area contributed by atoms with Crippen LogP contribution < -0.4 is 0 Å². The van der Waals surface area contributed by atoms with Gasteiger partial charge < -0.3 is 0 Å². The second kappa shape index (κ2) is 2.53. The average molecular weight is 131 g/mol. The predicted molar refractivity (Wildman–Crippen MR) is 41.6 cm³/mol. The van der Waals surface area contributed by atoms with Crippen molar-refractivity contribution in [2.75, 3.05) is 0 Å². The molecule has 0 spiro atoms. The predicted octanol–water partition coefficient (Wildman–Crippen LogP) is 1.68. The van der Waals surface area contributed by atoms with Gasteiger partial charge in [-0.1, -0.05) is 5.92 Å². The highest BCUT2D eigenvalue weighted by molar-refractivity contribution is 5.33. The molecule has 10 heavy (non-hydrogen) atoms. The SMILES string of the molecule is C#Cc1cnc(C)c(C)c1. The number of pyridine rings is 1. The van der Waals surface area contributed by atoms with Gasteiger partial charge in [0.1, 0.15) is 0 Å². The minimum Gasteiger partial charge on any atom is -0.260 e. The van der Waals surface area contributed by atoms with Crippen LogP contribution in [0.1, 0.15) is 16.8 Å². The summed E-state index contributed by atoms with van der Waals surface area (Å²) in [6, 6.07) is 1.96. The van der Waals surface area contributed by atoms with E-state index in [0.29, 0.717) is 0 Å². The number of terminal acetylenes is 1. The normalized spacial score (nSPS) is 8.90. The van der Waals surface area contributed by atoms with Crippen molar-refractivity contribution in [3.8, 4) is 12.3 Å². The van der Waals surface area contributed by atoms with Gasteiger partial charge in [-0.05, 0) is 25.5 Å². The van der Waals surface area contributed by atoms with Crippen LogP contribution in [0.15, 0.2) is 12.3 Å². The van der Waals surface area contributed by atoms with Crippen LogP contribution in [0, 0.1) is 26.2 Å². The van der Waals surface area contributed by atoms with Gasteiger partial charge in [0, 0.05) is 17.5 Å². The van der Waals surface area contributed by atoms with Gasteiger partial charge in [0.05, 0.1) is 0 Å². The van der Waals surface area contributed by atoms with Gasteiger partial charge in [-0.25, -0.2) is 0 Å². The molecule has 0 N–H and O–H groups in total. The minimum absolute atomic E-state index is 0.850. The monoisotopic (exact) mass is 131 g/mol. The second-order valence-corrected chi connectivity index (χ2v) is 2.27. The summed E-state index contributed by atoms with van der Waals surface area (Å²) < 4.78 is 0. The van der Waals surface area contributed by atoms with Crippen LogP contribution in [-0.2, 0) is 0 Å². The van der Waals surface area contributed by atoms with E-state index in [-0.39, 0.29) is 0 Å². The first-order valence-corrected chi connectivity index (χ1v) is 3.14. The quantitative estimate of drug-likeness (QED) is 0.488. The zero-order valence-electron chi connectivity index (χ0n) is 6.18. The van der Waals surface area contributed by atoms with Crippen LogP contribution in [0.5, 0.6) is 0 Å². The molecule has 50 valence electrons. The van der Waals surface area contributed by atoms with Gasteiger partial charge in [-0.3, -0.25) is 4.98 Å². The van der Waals surface area contributed by atoms with Crippen molar-refractivity contribution < 1.29 is 0 Å². The molecule has 0 radical (unpaired) electrons. The molecule has 0 aliphatic rings. The lowest BCUT2D eigenvalue weighted by atomic mass is 10.2. The first-order valence-electron chi connectivity index (χ1n) is 3.14. The summed E-state index contributed by atoms with van der Waals surface area (Å²) in [6.07, 6.45) is 6.89. The Labute approximate surface area is 61.1 Å². The molecule has 1 heteroatoms. The van der Waals surface area contributed by atoms with Crippen molar-refractivity contribution in [2.45, 2.75) is 13.8 Å². The molecule has 0 bridgehead atoms. The van der Waals surface area contributed by atoms with E-state index in [1.54, 1.807) is 6.20 Å². The lowest BCUT2D eigenvalue weighted by Gasteiger charge is -1.96. The molecule has 1 aromatic heterocycles. The molecule has 0 aliphatic heterocycles. The fourth-order valence-corrected chi connectivity index (χ4v) is 0.722. The summed E-state index contributed by atoms with van der Waals surface area (Å²) in [4.78, 5) is 4.11. The van der Waals surface area contributed by atoms with Crippen LogP contribution in [0.4, 0.5) is 0 Å². The Morgan fingerprint density at radius 1 is 1.50 bits per heavy atom. The van der Waals surface area contributed by atoms with E-state index in [0.717, 1.165) is 16.8 Å². The fraction of sp³-hybridized carbons (Fsp3) is 0.222. The van der Waals surface area contributed by atoms with Gasteiger partial charge in [0.2, 0.25) is 0 Å². The lowest BCUT2D eigenvalue weighted by molar-refractivity contribution is 1.14. The molecule has 0 amide bonds. The number of aromatic nitrogens is 1. The smallest absolute Gasteiger partial charge is 0.0428 e. The molecule has 0 unspecified atom stereocenters. The highest BCUT2D eigenvalue weighted by Gasteiger charge is 1.92. The van der Waals surface area contributed by atoms with E-state index < -0.39 is 0 Å². The number of hydrogen-bond donors (Lipinski definition) is 0. The Hall–Kier alpha value is -1.29. The zero-order chi connectivity index (χ0) is 7.56. The van der Waals surface area contributed by atoms with Crippen LogP contribution in [0.2, 0.25) is 0 Å².